The predicted octanol–water partition coefficient (Wildman–Crippen LogP) is 2.43. The zero-order chi connectivity index (χ0) is 11.9. The van der Waals surface area contributed by atoms with Crippen LogP contribution in [0.25, 0.3) is 0 Å². The van der Waals surface area contributed by atoms with Crippen LogP contribution in [0.2, 0.25) is 0 Å². The Morgan fingerprint density at radius 3 is 2.81 bits per heavy atom. The fourth-order valence-electron chi connectivity index (χ4n) is 2.46. The molecule has 0 aromatic carbocycles. The lowest BCUT2D eigenvalue weighted by molar-refractivity contribution is 0.333. The van der Waals surface area contributed by atoms with E-state index in [1.54, 1.807) is 0 Å². The molecule has 4 nitrogen and oxygen atoms in total. The smallest absolute Gasteiger partial charge is 0.238 e. The molecule has 0 fully saturated rings. The highest BCUT2D eigenvalue weighted by Crippen LogP contribution is 2.37. The molecule has 0 saturated heterocycles. The van der Waals surface area contributed by atoms with Crippen molar-refractivity contribution in [1.29, 1.82) is 0 Å². The lowest BCUT2D eigenvalue weighted by atomic mass is 9.81. The van der Waals surface area contributed by atoms with E-state index >= 15 is 0 Å². The third kappa shape index (κ3) is 2.40. The Kier molecular flexibility index (Phi) is 3.01. The Balaban J connectivity index is 2.37. The van der Waals surface area contributed by atoms with Crippen molar-refractivity contribution in [1.82, 2.24) is 5.16 Å². The summed E-state index contributed by atoms with van der Waals surface area (Å²) in [6.45, 7) is 4.22. The van der Waals surface area contributed by atoms with Crippen molar-refractivity contribution in [2.75, 3.05) is 0 Å². The first-order valence-electron chi connectivity index (χ1n) is 5.26. The fourth-order valence-corrected chi connectivity index (χ4v) is 3.31. The van der Waals surface area contributed by atoms with E-state index in [9.17, 15) is 8.42 Å². The lowest BCUT2D eigenvalue weighted by Gasteiger charge is -2.22. The third-order valence-corrected chi connectivity index (χ3v) is 3.91. The molecule has 0 radical (unpaired) electrons. The molecule has 0 N–H and O–H groups in total. The second-order valence-electron chi connectivity index (χ2n) is 4.60. The molecule has 16 heavy (non-hydrogen) atoms. The van der Waals surface area contributed by atoms with E-state index in [1.165, 1.54) is 0 Å². The van der Waals surface area contributed by atoms with Crippen molar-refractivity contribution in [2.24, 2.45) is 5.92 Å². The van der Waals surface area contributed by atoms with Crippen LogP contribution in [-0.4, -0.2) is 13.6 Å². The van der Waals surface area contributed by atoms with Gasteiger partial charge in [0.15, 0.2) is 0 Å². The first-order valence-corrected chi connectivity index (χ1v) is 7.74. The van der Waals surface area contributed by atoms with E-state index in [0.29, 0.717) is 17.5 Å². The minimum atomic E-state index is -3.57. The molecule has 0 saturated carbocycles. The SMILES string of the molecule is CC1Cc2onc(CS(=O)(=O)Cl)c2C(C)C1. The van der Waals surface area contributed by atoms with E-state index in [4.69, 9.17) is 15.2 Å². The van der Waals surface area contributed by atoms with Gasteiger partial charge in [0, 0.05) is 22.7 Å². The zero-order valence-electron chi connectivity index (χ0n) is 9.23. The second kappa shape index (κ2) is 4.04. The number of aromatic nitrogens is 1. The average Bonchev–Trinajstić information content (AvgIpc) is 2.44. The van der Waals surface area contributed by atoms with E-state index in [0.717, 1.165) is 24.2 Å². The summed E-state index contributed by atoms with van der Waals surface area (Å²) in [5.41, 5.74) is 1.42. The average molecular weight is 264 g/mol. The van der Waals surface area contributed by atoms with Crippen LogP contribution in [0.3, 0.4) is 0 Å². The molecule has 0 amide bonds. The van der Waals surface area contributed by atoms with Crippen LogP contribution in [0.5, 0.6) is 0 Å². The Morgan fingerprint density at radius 1 is 1.50 bits per heavy atom. The largest absolute Gasteiger partial charge is 0.361 e. The maximum Gasteiger partial charge on any atom is 0.238 e. The van der Waals surface area contributed by atoms with Crippen LogP contribution in [0.1, 0.15) is 43.2 Å². The molecule has 1 heterocycles. The maximum absolute atomic E-state index is 11.0. The molecule has 1 aliphatic carbocycles. The number of nitrogens with zero attached hydrogens (tertiary/aromatic N) is 1. The monoisotopic (exact) mass is 263 g/mol. The maximum atomic E-state index is 11.0. The number of rotatable bonds is 2. The Bertz CT molecular complexity index is 494. The van der Waals surface area contributed by atoms with E-state index in [2.05, 4.69) is 19.0 Å². The Morgan fingerprint density at radius 2 is 2.19 bits per heavy atom. The molecule has 2 unspecified atom stereocenters. The second-order valence-corrected chi connectivity index (χ2v) is 7.37. The van der Waals surface area contributed by atoms with Gasteiger partial charge in [0.25, 0.3) is 0 Å². The molecule has 2 rings (SSSR count). The van der Waals surface area contributed by atoms with Crippen molar-refractivity contribution in [3.63, 3.8) is 0 Å². The van der Waals surface area contributed by atoms with Crippen molar-refractivity contribution in [3.8, 4) is 0 Å². The summed E-state index contributed by atoms with van der Waals surface area (Å²) in [7, 11) is 1.67. The van der Waals surface area contributed by atoms with Crippen molar-refractivity contribution in [2.45, 2.75) is 38.4 Å². The number of halogens is 1. The van der Waals surface area contributed by atoms with Gasteiger partial charge in [-0.1, -0.05) is 19.0 Å². The van der Waals surface area contributed by atoms with Gasteiger partial charge in [-0.2, -0.15) is 0 Å². The van der Waals surface area contributed by atoms with Gasteiger partial charge in [-0.05, 0) is 18.3 Å². The van der Waals surface area contributed by atoms with Gasteiger partial charge in [0.05, 0.1) is 0 Å². The highest BCUT2D eigenvalue weighted by molar-refractivity contribution is 8.13. The summed E-state index contributed by atoms with van der Waals surface area (Å²) in [5.74, 6) is 1.42. The van der Waals surface area contributed by atoms with Gasteiger partial charge in [-0.25, -0.2) is 8.42 Å². The number of fused-ring (bicyclic) bond motifs is 1. The summed E-state index contributed by atoms with van der Waals surface area (Å²) in [6, 6.07) is 0. The van der Waals surface area contributed by atoms with E-state index < -0.39 is 9.05 Å². The van der Waals surface area contributed by atoms with Crippen LogP contribution in [-0.2, 0) is 21.2 Å². The summed E-state index contributed by atoms with van der Waals surface area (Å²) < 4.78 is 27.3. The van der Waals surface area contributed by atoms with E-state index in [-0.39, 0.29) is 5.75 Å². The third-order valence-electron chi connectivity index (χ3n) is 2.97. The first-order chi connectivity index (χ1) is 7.37. The van der Waals surface area contributed by atoms with Crippen LogP contribution in [0, 0.1) is 5.92 Å². The van der Waals surface area contributed by atoms with Gasteiger partial charge in [-0.3, -0.25) is 0 Å². The Labute approximate surface area is 99.4 Å². The van der Waals surface area contributed by atoms with Gasteiger partial charge in [0.1, 0.15) is 17.2 Å². The van der Waals surface area contributed by atoms with Crippen LogP contribution in [0.15, 0.2) is 4.52 Å². The van der Waals surface area contributed by atoms with Gasteiger partial charge in [0.2, 0.25) is 9.05 Å². The lowest BCUT2D eigenvalue weighted by Crippen LogP contribution is -2.14. The van der Waals surface area contributed by atoms with Crippen LogP contribution >= 0.6 is 10.7 Å². The minimum Gasteiger partial charge on any atom is -0.361 e. The Hall–Kier alpha value is -0.550. The molecular weight excluding hydrogens is 250 g/mol. The van der Waals surface area contributed by atoms with Crippen LogP contribution < -0.4 is 0 Å². The summed E-state index contributed by atoms with van der Waals surface area (Å²) in [6.07, 6.45) is 1.86. The van der Waals surface area contributed by atoms with E-state index in [1.807, 2.05) is 0 Å². The summed E-state index contributed by atoms with van der Waals surface area (Å²) >= 11 is 0. The molecule has 6 heteroatoms. The number of hydrogen-bond donors (Lipinski definition) is 0. The normalized spacial score (nSPS) is 25.4. The highest BCUT2D eigenvalue weighted by atomic mass is 35.7. The topological polar surface area (TPSA) is 60.2 Å². The van der Waals surface area contributed by atoms with Gasteiger partial charge < -0.3 is 4.52 Å². The molecule has 0 bridgehead atoms. The molecule has 1 aliphatic rings. The summed E-state index contributed by atoms with van der Waals surface area (Å²) in [4.78, 5) is 0. The molecule has 90 valence electrons. The van der Waals surface area contributed by atoms with Gasteiger partial charge >= 0.3 is 0 Å². The van der Waals surface area contributed by atoms with Gasteiger partial charge in [-0.15, -0.1) is 0 Å². The molecule has 0 spiro atoms. The highest BCUT2D eigenvalue weighted by Gasteiger charge is 2.30. The zero-order valence-corrected chi connectivity index (χ0v) is 10.8. The standard InChI is InChI=1S/C10H14ClNO3S/c1-6-3-7(2)10-8(5-16(11,13)14)12-15-9(10)4-6/h6-7H,3-5H2,1-2H3. The molecule has 1 aromatic heterocycles. The molecule has 1 aromatic rings. The minimum absolute atomic E-state index is 0.244. The quantitative estimate of drug-likeness (QED) is 0.769. The number of hydrogen-bond acceptors (Lipinski definition) is 4. The van der Waals surface area contributed by atoms with Crippen LogP contribution in [0.4, 0.5) is 0 Å². The van der Waals surface area contributed by atoms with Crippen molar-refractivity contribution >= 4 is 19.7 Å². The van der Waals surface area contributed by atoms with Crippen molar-refractivity contribution < 1.29 is 12.9 Å². The molecule has 0 aliphatic heterocycles. The summed E-state index contributed by atoms with van der Waals surface area (Å²) in [5, 5.41) is 3.83. The fraction of sp³-hybridized carbons (Fsp3) is 0.700. The molecule has 2 atom stereocenters. The first kappa shape index (κ1) is 11.9. The van der Waals surface area contributed by atoms with Crippen molar-refractivity contribution in [3.05, 3.63) is 17.0 Å². The predicted molar refractivity (Wildman–Crippen MR) is 60.9 cm³/mol. The molecular formula is C10H14ClNO3S.